The lowest BCUT2D eigenvalue weighted by Gasteiger charge is -2.23. The standard InChI is InChI=1S/C22H19Cl2NO2S2/c1-15-8-10-20(11-9-15)29(26,27)25-21(16-4-2-6-18(23)12-16)14-22(28-25)17-5-3-7-19(24)13-17/h2-13,21-22H,14H2,1H3/t21-,22+/m0/s1. The first-order chi connectivity index (χ1) is 13.8. The van der Waals surface area contributed by atoms with Crippen LogP contribution in [0.1, 0.15) is 34.4 Å². The Morgan fingerprint density at radius 2 is 1.48 bits per heavy atom. The number of sulfonamides is 1. The van der Waals surface area contributed by atoms with Gasteiger partial charge in [-0.1, -0.05) is 77.1 Å². The van der Waals surface area contributed by atoms with Crippen LogP contribution in [-0.4, -0.2) is 12.1 Å². The molecule has 0 spiro atoms. The number of rotatable bonds is 4. The van der Waals surface area contributed by atoms with E-state index in [-0.39, 0.29) is 16.2 Å². The summed E-state index contributed by atoms with van der Waals surface area (Å²) in [6.07, 6.45) is 0.635. The molecular weight excluding hydrogens is 445 g/mol. The minimum atomic E-state index is -3.70. The van der Waals surface area contributed by atoms with Crippen molar-refractivity contribution >= 4 is 45.2 Å². The van der Waals surface area contributed by atoms with Crippen molar-refractivity contribution in [3.63, 3.8) is 0 Å². The second-order valence-corrected chi connectivity index (χ2v) is 11.1. The van der Waals surface area contributed by atoms with Gasteiger partial charge in [-0.15, -0.1) is 3.71 Å². The van der Waals surface area contributed by atoms with Crippen molar-refractivity contribution in [3.8, 4) is 0 Å². The van der Waals surface area contributed by atoms with E-state index in [1.54, 1.807) is 18.2 Å². The first kappa shape index (κ1) is 20.8. The van der Waals surface area contributed by atoms with Gasteiger partial charge in [0.05, 0.1) is 10.9 Å². The highest BCUT2D eigenvalue weighted by molar-refractivity contribution is 8.08. The van der Waals surface area contributed by atoms with Gasteiger partial charge in [-0.25, -0.2) is 8.42 Å². The van der Waals surface area contributed by atoms with Gasteiger partial charge in [0.1, 0.15) is 0 Å². The van der Waals surface area contributed by atoms with Crippen LogP contribution in [0.2, 0.25) is 10.0 Å². The molecule has 0 radical (unpaired) electrons. The second kappa shape index (κ2) is 8.32. The van der Waals surface area contributed by atoms with Crippen LogP contribution in [0.25, 0.3) is 0 Å². The van der Waals surface area contributed by atoms with Gasteiger partial charge in [0.2, 0.25) is 0 Å². The SMILES string of the molecule is Cc1ccc(S(=O)(=O)N2S[C@@H](c3cccc(Cl)c3)C[C@H]2c2cccc(Cl)c2)cc1. The smallest absolute Gasteiger partial charge is 0.206 e. The van der Waals surface area contributed by atoms with Gasteiger partial charge in [0.15, 0.2) is 0 Å². The highest BCUT2D eigenvalue weighted by Gasteiger charge is 2.42. The third kappa shape index (κ3) is 4.35. The fourth-order valence-electron chi connectivity index (χ4n) is 3.44. The van der Waals surface area contributed by atoms with Crippen molar-refractivity contribution in [2.75, 3.05) is 0 Å². The van der Waals surface area contributed by atoms with E-state index in [9.17, 15) is 8.42 Å². The lowest BCUT2D eigenvalue weighted by atomic mass is 9.99. The summed E-state index contributed by atoms with van der Waals surface area (Å²) in [5, 5.41) is 1.20. The summed E-state index contributed by atoms with van der Waals surface area (Å²) in [6, 6.07) is 21.6. The summed E-state index contributed by atoms with van der Waals surface area (Å²) >= 11 is 13.7. The van der Waals surface area contributed by atoms with Crippen molar-refractivity contribution in [2.24, 2.45) is 0 Å². The van der Waals surface area contributed by atoms with E-state index in [4.69, 9.17) is 23.2 Å². The van der Waals surface area contributed by atoms with Crippen molar-refractivity contribution in [2.45, 2.75) is 29.5 Å². The van der Waals surface area contributed by atoms with E-state index >= 15 is 0 Å². The normalized spacial score (nSPS) is 20.1. The molecule has 0 amide bonds. The van der Waals surface area contributed by atoms with Crippen LogP contribution >= 0.6 is 35.1 Å². The summed E-state index contributed by atoms with van der Waals surface area (Å²) < 4.78 is 28.5. The van der Waals surface area contributed by atoms with E-state index in [0.717, 1.165) is 16.7 Å². The Balaban J connectivity index is 1.76. The van der Waals surface area contributed by atoms with Gasteiger partial charge < -0.3 is 0 Å². The first-order valence-electron chi connectivity index (χ1n) is 9.13. The van der Waals surface area contributed by atoms with E-state index in [2.05, 4.69) is 0 Å². The molecule has 0 unspecified atom stereocenters. The molecule has 0 saturated carbocycles. The molecule has 4 rings (SSSR count). The average Bonchev–Trinajstić information content (AvgIpc) is 3.15. The maximum atomic E-state index is 13.5. The fourth-order valence-corrected chi connectivity index (χ4v) is 7.24. The second-order valence-electron chi connectivity index (χ2n) is 7.03. The van der Waals surface area contributed by atoms with Crippen LogP contribution in [0, 0.1) is 6.92 Å². The highest BCUT2D eigenvalue weighted by Crippen LogP contribution is 2.54. The largest absolute Gasteiger partial charge is 0.252 e. The molecule has 0 aliphatic carbocycles. The summed E-state index contributed by atoms with van der Waals surface area (Å²) in [5.41, 5.74) is 2.91. The monoisotopic (exact) mass is 463 g/mol. The van der Waals surface area contributed by atoms with Crippen LogP contribution in [0.5, 0.6) is 0 Å². The van der Waals surface area contributed by atoms with E-state index < -0.39 is 10.0 Å². The first-order valence-corrected chi connectivity index (χ1v) is 12.2. The zero-order valence-corrected chi connectivity index (χ0v) is 18.8. The summed E-state index contributed by atoms with van der Waals surface area (Å²) in [4.78, 5) is 0.286. The fraction of sp³-hybridized carbons (Fsp3) is 0.182. The Hall–Kier alpha value is -1.50. The molecule has 1 heterocycles. The molecule has 7 heteroatoms. The van der Waals surface area contributed by atoms with Crippen LogP contribution in [0.3, 0.4) is 0 Å². The molecule has 1 saturated heterocycles. The van der Waals surface area contributed by atoms with Crippen LogP contribution in [0.4, 0.5) is 0 Å². The number of nitrogens with zero attached hydrogens (tertiary/aromatic N) is 1. The number of benzene rings is 3. The molecule has 1 fully saturated rings. The Morgan fingerprint density at radius 3 is 2.10 bits per heavy atom. The van der Waals surface area contributed by atoms with Crippen molar-refractivity contribution in [1.29, 1.82) is 0 Å². The quantitative estimate of drug-likeness (QED) is 0.397. The van der Waals surface area contributed by atoms with Gasteiger partial charge in [0.25, 0.3) is 10.0 Å². The third-order valence-electron chi connectivity index (χ3n) is 4.93. The predicted molar refractivity (Wildman–Crippen MR) is 121 cm³/mol. The van der Waals surface area contributed by atoms with E-state index in [1.807, 2.05) is 61.5 Å². The zero-order valence-electron chi connectivity index (χ0n) is 15.6. The number of halogens is 2. The molecule has 1 aliphatic rings. The Kier molecular flexibility index (Phi) is 5.96. The molecule has 1 aliphatic heterocycles. The minimum Gasteiger partial charge on any atom is -0.206 e. The number of aryl methyl sites for hydroxylation is 1. The van der Waals surface area contributed by atoms with Gasteiger partial charge in [-0.05, 0) is 60.9 Å². The molecule has 0 aromatic heterocycles. The van der Waals surface area contributed by atoms with Crippen LogP contribution < -0.4 is 0 Å². The van der Waals surface area contributed by atoms with Crippen molar-refractivity contribution in [3.05, 3.63) is 99.5 Å². The summed E-state index contributed by atoms with van der Waals surface area (Å²) in [6.45, 7) is 1.94. The molecule has 3 aromatic rings. The molecule has 29 heavy (non-hydrogen) atoms. The molecule has 0 bridgehead atoms. The van der Waals surface area contributed by atoms with Gasteiger partial charge in [-0.3, -0.25) is 0 Å². The molecule has 3 aromatic carbocycles. The van der Waals surface area contributed by atoms with Crippen LogP contribution in [0.15, 0.2) is 77.7 Å². The number of hydrogen-bond acceptors (Lipinski definition) is 3. The van der Waals surface area contributed by atoms with E-state index in [1.165, 1.54) is 15.7 Å². The molecule has 2 atom stereocenters. The molecule has 3 nitrogen and oxygen atoms in total. The Morgan fingerprint density at radius 1 is 0.897 bits per heavy atom. The van der Waals surface area contributed by atoms with Crippen molar-refractivity contribution < 1.29 is 8.42 Å². The highest BCUT2D eigenvalue weighted by atomic mass is 35.5. The maximum absolute atomic E-state index is 13.5. The van der Waals surface area contributed by atoms with Gasteiger partial charge >= 0.3 is 0 Å². The molecule has 0 N–H and O–H groups in total. The Bertz CT molecular complexity index is 1130. The minimum absolute atomic E-state index is 0.0297. The topological polar surface area (TPSA) is 37.4 Å². The lowest BCUT2D eigenvalue weighted by Crippen LogP contribution is -2.25. The van der Waals surface area contributed by atoms with Gasteiger partial charge in [-0.2, -0.15) is 0 Å². The lowest BCUT2D eigenvalue weighted by molar-refractivity contribution is 0.473. The molecule has 150 valence electrons. The predicted octanol–water partition coefficient (Wildman–Crippen LogP) is 6.83. The molecular formula is C22H19Cl2NO2S2. The third-order valence-corrected chi connectivity index (χ3v) is 9.03. The number of hydrogen-bond donors (Lipinski definition) is 0. The van der Waals surface area contributed by atoms with Crippen LogP contribution in [-0.2, 0) is 10.0 Å². The Labute approximate surface area is 185 Å². The average molecular weight is 464 g/mol. The zero-order chi connectivity index (χ0) is 20.6. The summed E-state index contributed by atoms with van der Waals surface area (Å²) in [5.74, 6) is 0. The van der Waals surface area contributed by atoms with Gasteiger partial charge in [0, 0.05) is 15.3 Å². The van der Waals surface area contributed by atoms with Crippen molar-refractivity contribution in [1.82, 2.24) is 3.71 Å². The maximum Gasteiger partial charge on any atom is 0.252 e. The summed E-state index contributed by atoms with van der Waals surface area (Å²) in [7, 11) is -3.70. The van der Waals surface area contributed by atoms with E-state index in [0.29, 0.717) is 16.5 Å².